The summed E-state index contributed by atoms with van der Waals surface area (Å²) in [6.45, 7) is 2.09. The van der Waals surface area contributed by atoms with Crippen LogP contribution >= 0.6 is 0 Å². The van der Waals surface area contributed by atoms with Gasteiger partial charge in [0.15, 0.2) is 6.61 Å². The minimum Gasteiger partial charge on any atom is -0.472 e. The molecular weight excluding hydrogens is 294 g/mol. The SMILES string of the molecule is CC(O)C1CCCN(C(=O)c2ccnc(OCC(F)F)c2)C1. The van der Waals surface area contributed by atoms with Gasteiger partial charge in [-0.05, 0) is 25.8 Å². The first-order chi connectivity index (χ1) is 10.5. The second kappa shape index (κ2) is 7.49. The van der Waals surface area contributed by atoms with Crippen molar-refractivity contribution >= 4 is 5.91 Å². The fourth-order valence-corrected chi connectivity index (χ4v) is 2.54. The van der Waals surface area contributed by atoms with E-state index < -0.39 is 19.1 Å². The molecule has 1 amide bonds. The topological polar surface area (TPSA) is 62.7 Å². The largest absolute Gasteiger partial charge is 0.472 e. The van der Waals surface area contributed by atoms with Gasteiger partial charge in [-0.1, -0.05) is 0 Å². The van der Waals surface area contributed by atoms with Gasteiger partial charge in [0.25, 0.3) is 12.3 Å². The molecule has 0 aromatic carbocycles. The summed E-state index contributed by atoms with van der Waals surface area (Å²) >= 11 is 0. The Labute approximate surface area is 127 Å². The Morgan fingerprint density at radius 1 is 1.59 bits per heavy atom. The van der Waals surface area contributed by atoms with Crippen molar-refractivity contribution in [1.29, 1.82) is 0 Å². The molecule has 0 spiro atoms. The third-order valence-corrected chi connectivity index (χ3v) is 3.77. The lowest BCUT2D eigenvalue weighted by atomic mass is 9.93. The van der Waals surface area contributed by atoms with Crippen LogP contribution in [-0.2, 0) is 0 Å². The van der Waals surface area contributed by atoms with E-state index in [-0.39, 0.29) is 17.7 Å². The van der Waals surface area contributed by atoms with Crippen LogP contribution in [0.4, 0.5) is 8.78 Å². The summed E-state index contributed by atoms with van der Waals surface area (Å²) in [5.74, 6) is -0.126. The number of likely N-dealkylation sites (tertiary alicyclic amines) is 1. The van der Waals surface area contributed by atoms with Crippen LogP contribution in [-0.4, -0.2) is 53.1 Å². The number of hydrogen-bond donors (Lipinski definition) is 1. The quantitative estimate of drug-likeness (QED) is 0.902. The third kappa shape index (κ3) is 4.37. The molecule has 122 valence electrons. The molecule has 0 bridgehead atoms. The number of aliphatic hydroxyl groups is 1. The van der Waals surface area contributed by atoms with Gasteiger partial charge in [-0.3, -0.25) is 4.79 Å². The lowest BCUT2D eigenvalue weighted by Crippen LogP contribution is -2.42. The molecule has 0 radical (unpaired) electrons. The van der Waals surface area contributed by atoms with Crippen LogP contribution in [0.2, 0.25) is 0 Å². The summed E-state index contributed by atoms with van der Waals surface area (Å²) in [5, 5.41) is 9.67. The molecule has 1 aliphatic heterocycles. The van der Waals surface area contributed by atoms with E-state index in [1.807, 2.05) is 0 Å². The second-order valence-corrected chi connectivity index (χ2v) is 5.48. The van der Waals surface area contributed by atoms with Crippen molar-refractivity contribution in [2.45, 2.75) is 32.3 Å². The van der Waals surface area contributed by atoms with Crippen molar-refractivity contribution in [3.8, 4) is 5.88 Å². The maximum atomic E-state index is 12.5. The van der Waals surface area contributed by atoms with E-state index in [1.165, 1.54) is 18.3 Å². The zero-order valence-corrected chi connectivity index (χ0v) is 12.4. The molecule has 2 heterocycles. The van der Waals surface area contributed by atoms with Crippen LogP contribution in [0.1, 0.15) is 30.1 Å². The Morgan fingerprint density at radius 3 is 3.05 bits per heavy atom. The highest BCUT2D eigenvalue weighted by molar-refractivity contribution is 5.94. The van der Waals surface area contributed by atoms with Gasteiger partial charge < -0.3 is 14.7 Å². The standard InChI is InChI=1S/C15H20F2N2O3/c1-10(20)12-3-2-6-19(8-12)15(21)11-4-5-18-14(7-11)22-9-13(16)17/h4-5,7,10,12-13,20H,2-3,6,8-9H2,1H3. The van der Waals surface area contributed by atoms with Crippen molar-refractivity contribution in [3.63, 3.8) is 0 Å². The van der Waals surface area contributed by atoms with Crippen molar-refractivity contribution in [1.82, 2.24) is 9.88 Å². The molecule has 0 aliphatic carbocycles. The van der Waals surface area contributed by atoms with Gasteiger partial charge >= 0.3 is 0 Å². The summed E-state index contributed by atoms with van der Waals surface area (Å²) in [6, 6.07) is 2.90. The summed E-state index contributed by atoms with van der Waals surface area (Å²) < 4.78 is 29.1. The molecule has 22 heavy (non-hydrogen) atoms. The molecule has 1 aromatic rings. The van der Waals surface area contributed by atoms with Crippen LogP contribution < -0.4 is 4.74 Å². The van der Waals surface area contributed by atoms with E-state index in [4.69, 9.17) is 4.74 Å². The number of halogens is 2. The minimum atomic E-state index is -2.59. The van der Waals surface area contributed by atoms with E-state index in [1.54, 1.807) is 11.8 Å². The van der Waals surface area contributed by atoms with Gasteiger partial charge in [-0.15, -0.1) is 0 Å². The average Bonchev–Trinajstić information content (AvgIpc) is 2.52. The second-order valence-electron chi connectivity index (χ2n) is 5.48. The van der Waals surface area contributed by atoms with Crippen molar-refractivity contribution in [2.24, 2.45) is 5.92 Å². The zero-order valence-electron chi connectivity index (χ0n) is 12.4. The maximum Gasteiger partial charge on any atom is 0.272 e. The monoisotopic (exact) mass is 314 g/mol. The molecule has 1 aromatic heterocycles. The number of rotatable bonds is 5. The lowest BCUT2D eigenvalue weighted by molar-refractivity contribution is 0.0465. The van der Waals surface area contributed by atoms with Crippen molar-refractivity contribution < 1.29 is 23.4 Å². The summed E-state index contributed by atoms with van der Waals surface area (Å²) in [4.78, 5) is 18.0. The number of carbonyl (C=O) groups is 1. The predicted octanol–water partition coefficient (Wildman–Crippen LogP) is 1.96. The van der Waals surface area contributed by atoms with Crippen LogP contribution in [0, 0.1) is 5.92 Å². The number of carbonyl (C=O) groups excluding carboxylic acids is 1. The van der Waals surface area contributed by atoms with Crippen molar-refractivity contribution in [3.05, 3.63) is 23.9 Å². The Morgan fingerprint density at radius 2 is 2.36 bits per heavy atom. The van der Waals surface area contributed by atoms with Crippen LogP contribution in [0.15, 0.2) is 18.3 Å². The maximum absolute atomic E-state index is 12.5. The van der Waals surface area contributed by atoms with Gasteiger partial charge in [0, 0.05) is 36.8 Å². The molecule has 1 fully saturated rings. The molecular formula is C15H20F2N2O3. The fourth-order valence-electron chi connectivity index (χ4n) is 2.54. The molecule has 2 atom stereocenters. The lowest BCUT2D eigenvalue weighted by Gasteiger charge is -2.34. The number of piperidine rings is 1. The summed E-state index contributed by atoms with van der Waals surface area (Å²) in [7, 11) is 0. The molecule has 1 N–H and O–H groups in total. The Bertz CT molecular complexity index is 511. The molecule has 2 unspecified atom stereocenters. The van der Waals surface area contributed by atoms with E-state index in [9.17, 15) is 18.7 Å². The number of ether oxygens (including phenoxy) is 1. The first-order valence-corrected chi connectivity index (χ1v) is 7.31. The Kier molecular flexibility index (Phi) is 5.65. The first-order valence-electron chi connectivity index (χ1n) is 7.31. The summed E-state index contributed by atoms with van der Waals surface area (Å²) in [5.41, 5.74) is 0.352. The van der Waals surface area contributed by atoms with Crippen LogP contribution in [0.5, 0.6) is 5.88 Å². The number of alkyl halides is 2. The number of aliphatic hydroxyl groups excluding tert-OH is 1. The molecule has 5 nitrogen and oxygen atoms in total. The smallest absolute Gasteiger partial charge is 0.272 e. The normalized spacial score (nSPS) is 20.0. The molecule has 1 saturated heterocycles. The molecule has 2 rings (SSSR count). The van der Waals surface area contributed by atoms with Gasteiger partial charge in [0.05, 0.1) is 6.10 Å². The molecule has 7 heteroatoms. The van der Waals surface area contributed by atoms with Gasteiger partial charge in [-0.2, -0.15) is 0 Å². The van der Waals surface area contributed by atoms with Crippen LogP contribution in [0.25, 0.3) is 0 Å². The minimum absolute atomic E-state index is 0.00948. The first kappa shape index (κ1) is 16.6. The van der Waals surface area contributed by atoms with Crippen LogP contribution in [0.3, 0.4) is 0 Å². The van der Waals surface area contributed by atoms with Gasteiger partial charge in [-0.25, -0.2) is 13.8 Å². The van der Waals surface area contributed by atoms with Gasteiger partial charge in [0.2, 0.25) is 5.88 Å². The highest BCUT2D eigenvalue weighted by Crippen LogP contribution is 2.22. The number of hydrogen-bond acceptors (Lipinski definition) is 4. The van der Waals surface area contributed by atoms with E-state index >= 15 is 0 Å². The Hall–Kier alpha value is -1.76. The summed E-state index contributed by atoms with van der Waals surface area (Å²) in [6.07, 6.45) is 0.0410. The number of amides is 1. The number of nitrogens with zero attached hydrogens (tertiary/aromatic N) is 2. The molecule has 1 aliphatic rings. The number of pyridine rings is 1. The fraction of sp³-hybridized carbons (Fsp3) is 0.600. The molecule has 0 saturated carbocycles. The number of aromatic nitrogens is 1. The highest BCUT2D eigenvalue weighted by Gasteiger charge is 2.27. The Balaban J connectivity index is 2.04. The highest BCUT2D eigenvalue weighted by atomic mass is 19.3. The van der Waals surface area contributed by atoms with E-state index in [0.717, 1.165) is 12.8 Å². The third-order valence-electron chi connectivity index (χ3n) is 3.77. The average molecular weight is 314 g/mol. The predicted molar refractivity (Wildman–Crippen MR) is 76.0 cm³/mol. The van der Waals surface area contributed by atoms with Crippen molar-refractivity contribution in [2.75, 3.05) is 19.7 Å². The van der Waals surface area contributed by atoms with Gasteiger partial charge in [0.1, 0.15) is 0 Å². The van der Waals surface area contributed by atoms with E-state index in [2.05, 4.69) is 4.98 Å². The van der Waals surface area contributed by atoms with E-state index in [0.29, 0.717) is 18.7 Å². The zero-order chi connectivity index (χ0) is 16.1.